The van der Waals surface area contributed by atoms with Gasteiger partial charge in [-0.3, -0.25) is 6.08 Å². The average molecular weight is 1120 g/mol. The average Bonchev–Trinajstić information content (AvgIpc) is 3.28. The molecule has 1 saturated heterocycles. The van der Waals surface area contributed by atoms with Crippen LogP contribution in [-0.2, 0) is 58.0 Å². The Balaban J connectivity index is 0.000000811. The molecule has 2 unspecified atom stereocenters. The van der Waals surface area contributed by atoms with Crippen LogP contribution in [0.15, 0.2) is 146 Å². The zero-order valence-corrected chi connectivity index (χ0v) is 39.4. The molecule has 377 valence electrons. The zero-order valence-electron chi connectivity index (χ0n) is 36.0. The van der Waals surface area contributed by atoms with E-state index in [1.165, 1.54) is 31.4 Å². The Kier molecular flexibility index (Phi) is 17.7. The van der Waals surface area contributed by atoms with Crippen LogP contribution < -0.4 is 21.2 Å². The summed E-state index contributed by atoms with van der Waals surface area (Å²) in [6, 6.07) is 21.3. The molecule has 3 N–H and O–H groups in total. The largest absolute Gasteiger partial charge is 0.500 e. The monoisotopic (exact) mass is 1120 g/mol. The third-order valence-corrected chi connectivity index (χ3v) is 15.5. The van der Waals surface area contributed by atoms with Gasteiger partial charge in [-0.2, -0.15) is 59.1 Å². The second-order valence-electron chi connectivity index (χ2n) is 16.1. The molecule has 1 aliphatic heterocycles. The molecular formula is C49H41F12O6P2Rh-. The number of allylic oxidation sites excluding steroid dienone is 4. The number of halogens is 12. The predicted octanol–water partition coefficient (Wildman–Crippen LogP) is 11.0. The summed E-state index contributed by atoms with van der Waals surface area (Å²) in [5.41, 5.74) is -6.50. The number of hydrogen-bond donors (Lipinski definition) is 3. The molecule has 0 bridgehead atoms. The fourth-order valence-corrected chi connectivity index (χ4v) is 11.8. The molecule has 0 aromatic heterocycles. The molecule has 6 nitrogen and oxygen atoms in total. The molecule has 70 heavy (non-hydrogen) atoms. The van der Waals surface area contributed by atoms with Crippen LogP contribution in [0.2, 0.25) is 0 Å². The first-order valence-corrected chi connectivity index (χ1v) is 23.6. The predicted molar refractivity (Wildman–Crippen MR) is 234 cm³/mol. The van der Waals surface area contributed by atoms with Gasteiger partial charge in [-0.1, -0.05) is 104 Å². The van der Waals surface area contributed by atoms with Gasteiger partial charge in [-0.15, -0.1) is 0 Å². The molecule has 5 aromatic rings. The third-order valence-electron chi connectivity index (χ3n) is 11.5. The molecule has 3 aliphatic rings. The third kappa shape index (κ3) is 12.6. The van der Waals surface area contributed by atoms with Crippen LogP contribution in [0, 0.1) is 6.08 Å². The minimum absolute atomic E-state index is 0. The minimum Gasteiger partial charge on any atom is -0.500 e. The molecule has 1 radical (unpaired) electrons. The summed E-state index contributed by atoms with van der Waals surface area (Å²) in [7, 11) is -5.17. The van der Waals surface area contributed by atoms with Gasteiger partial charge in [0.25, 0.3) is 0 Å². The second kappa shape index (κ2) is 22.4. The summed E-state index contributed by atoms with van der Waals surface area (Å²) in [5, 5.41) is 35.6. The van der Waals surface area contributed by atoms with Crippen molar-refractivity contribution in [2.24, 2.45) is 0 Å². The number of rotatable bonds is 9. The van der Waals surface area contributed by atoms with Crippen molar-refractivity contribution in [2.75, 3.05) is 0 Å². The molecule has 8 rings (SSSR count). The van der Waals surface area contributed by atoms with Crippen molar-refractivity contribution in [3.05, 3.63) is 180 Å². The standard InChI is InChI=1S/C41H30F12O6P2.C8H11.Rh/c42-38(43,44)23-6-14-27(15-7-23)60(28-16-8-24(9-17-28)39(45,46)47)58-33-35(37(56)31(22-4-2-1-3-5-22)32(54)34(37)57-36(33)55)59-61(29-18-10-25(11-19-29)40(48,49)50)30-20-12-26(13-21-30)41(51,52)53;1-2-4-6-8-7-5-3-1;/h1-21,31-36,54-56H;1-2,7H,3-6H2;/q;-1;/b;2-1-;/t31?,32?,33-,34-,35-,36-,37-;;/m1../s1. The summed E-state index contributed by atoms with van der Waals surface area (Å²) in [6.07, 6.45) is -14.0. The van der Waals surface area contributed by atoms with Crippen LogP contribution in [0.25, 0.3) is 0 Å². The van der Waals surface area contributed by atoms with Gasteiger partial charge in [-0.25, -0.2) is 0 Å². The summed E-state index contributed by atoms with van der Waals surface area (Å²) in [5.74, 6) is -1.32. The van der Waals surface area contributed by atoms with Crippen molar-refractivity contribution in [2.45, 2.75) is 92.6 Å². The SMILES string of the molecule is OC1C(c2ccccc2)[C@@]2(O)[C@@H]1O[C@@H](O)[C@H](OP(c1ccc(C(F)(F)F)cc1)c1ccc(C(F)(F)F)cc1)[C@H]2OP(c1ccc(C(F)(F)F)cc1)c1ccc(C(F)(F)F)cc1.[C-]1=CCC/C=C\CC1.[Rh]. The molecule has 5 aromatic carbocycles. The van der Waals surface area contributed by atoms with Crippen molar-refractivity contribution in [3.63, 3.8) is 0 Å². The van der Waals surface area contributed by atoms with E-state index in [1.807, 2.05) is 0 Å². The van der Waals surface area contributed by atoms with Crippen LogP contribution in [-0.4, -0.2) is 51.6 Å². The molecule has 0 spiro atoms. The summed E-state index contributed by atoms with van der Waals surface area (Å²) in [4.78, 5) is 0. The number of fused-ring (bicyclic) bond motifs is 1. The van der Waals surface area contributed by atoms with Gasteiger partial charge in [-0.05, 0) is 60.5 Å². The van der Waals surface area contributed by atoms with Gasteiger partial charge in [0.05, 0.1) is 44.7 Å². The zero-order chi connectivity index (χ0) is 49.9. The molecule has 21 heteroatoms. The van der Waals surface area contributed by atoms with Crippen molar-refractivity contribution >= 4 is 37.5 Å². The summed E-state index contributed by atoms with van der Waals surface area (Å²) in [6.45, 7) is 0. The van der Waals surface area contributed by atoms with Gasteiger partial charge >= 0.3 is 24.7 Å². The number of aliphatic hydroxyl groups is 3. The summed E-state index contributed by atoms with van der Waals surface area (Å²) < 4.78 is 182. The quantitative estimate of drug-likeness (QED) is 0.0448. The van der Waals surface area contributed by atoms with Gasteiger partial charge < -0.3 is 35.2 Å². The second-order valence-corrected chi connectivity index (χ2v) is 19.7. The number of aliphatic hydroxyl groups excluding tert-OH is 2. The summed E-state index contributed by atoms with van der Waals surface area (Å²) >= 11 is 0. The van der Waals surface area contributed by atoms with E-state index in [4.69, 9.17) is 13.8 Å². The van der Waals surface area contributed by atoms with E-state index in [0.717, 1.165) is 55.0 Å². The van der Waals surface area contributed by atoms with Crippen molar-refractivity contribution in [1.82, 2.24) is 0 Å². The van der Waals surface area contributed by atoms with E-state index >= 15 is 0 Å². The first-order valence-electron chi connectivity index (χ1n) is 21.1. The smallest absolute Gasteiger partial charge is 0.416 e. The van der Waals surface area contributed by atoms with E-state index in [1.54, 1.807) is 18.2 Å². The number of alkyl halides is 12. The molecule has 7 atom stereocenters. The van der Waals surface area contributed by atoms with Gasteiger partial charge in [0.1, 0.15) is 23.9 Å². The van der Waals surface area contributed by atoms with E-state index in [2.05, 4.69) is 24.3 Å². The Hall–Kier alpha value is -4.02. The minimum atomic E-state index is -4.80. The number of ether oxygens (including phenoxy) is 1. The van der Waals surface area contributed by atoms with Crippen LogP contribution in [0.3, 0.4) is 0 Å². The fraction of sp³-hybridized carbons (Fsp3) is 0.306. The van der Waals surface area contributed by atoms with Crippen LogP contribution in [0.4, 0.5) is 52.7 Å². The topological polar surface area (TPSA) is 88.4 Å². The van der Waals surface area contributed by atoms with E-state index in [-0.39, 0.29) is 40.7 Å². The van der Waals surface area contributed by atoms with E-state index in [9.17, 15) is 68.0 Å². The van der Waals surface area contributed by atoms with Gasteiger partial charge in [0.2, 0.25) is 0 Å². The van der Waals surface area contributed by atoms with Gasteiger partial charge in [0, 0.05) is 46.6 Å². The maximum Gasteiger partial charge on any atom is 0.416 e. The van der Waals surface area contributed by atoms with E-state index in [0.29, 0.717) is 54.1 Å². The first kappa shape index (κ1) is 55.3. The Morgan fingerprint density at radius 3 is 1.31 bits per heavy atom. The molecule has 2 aliphatic carbocycles. The molecule has 1 heterocycles. The normalized spacial score (nSPS) is 24.3. The number of hydrogen-bond acceptors (Lipinski definition) is 6. The number of benzene rings is 5. The maximum atomic E-state index is 13.7. The fourth-order valence-electron chi connectivity index (χ4n) is 8.03. The van der Waals surface area contributed by atoms with Crippen LogP contribution >= 0.6 is 16.3 Å². The Morgan fingerprint density at radius 2 is 0.914 bits per heavy atom. The Morgan fingerprint density at radius 1 is 0.529 bits per heavy atom. The van der Waals surface area contributed by atoms with Crippen molar-refractivity contribution in [3.8, 4) is 0 Å². The first-order chi connectivity index (χ1) is 32.5. The molecule has 0 amide bonds. The van der Waals surface area contributed by atoms with Crippen LogP contribution in [0.1, 0.15) is 59.4 Å². The molecular weight excluding hydrogens is 1080 g/mol. The molecule has 1 saturated carbocycles. The van der Waals surface area contributed by atoms with E-state index < -0.39 is 105 Å². The van der Waals surface area contributed by atoms with Crippen molar-refractivity contribution < 1.29 is 101 Å². The Bertz CT molecular complexity index is 2380. The maximum absolute atomic E-state index is 13.7. The molecule has 2 fully saturated rings. The van der Waals surface area contributed by atoms with Crippen LogP contribution in [0.5, 0.6) is 0 Å². The van der Waals surface area contributed by atoms with Crippen molar-refractivity contribution in [1.29, 1.82) is 0 Å². The Labute approximate surface area is 409 Å². The van der Waals surface area contributed by atoms with Gasteiger partial charge in [0.15, 0.2) is 6.29 Å².